The van der Waals surface area contributed by atoms with E-state index in [1.807, 2.05) is 13.1 Å². The number of hydrogen-bond acceptors (Lipinski definition) is 5. The fourth-order valence-electron chi connectivity index (χ4n) is 2.05. The molecular weight excluding hydrogens is 216 g/mol. The number of ether oxygens (including phenoxy) is 1. The Balaban J connectivity index is 1.78. The monoisotopic (exact) mass is 234 g/mol. The van der Waals surface area contributed by atoms with Crippen molar-refractivity contribution in [2.75, 3.05) is 30.9 Å². The third kappa shape index (κ3) is 2.49. The van der Waals surface area contributed by atoms with Crippen molar-refractivity contribution in [1.82, 2.24) is 9.97 Å². The van der Waals surface area contributed by atoms with Crippen molar-refractivity contribution in [3.05, 3.63) is 11.9 Å². The molecule has 0 bridgehead atoms. The molecule has 2 N–H and O–H groups in total. The first-order valence-corrected chi connectivity index (χ1v) is 6.26. The highest BCUT2D eigenvalue weighted by Gasteiger charge is 2.27. The first kappa shape index (κ1) is 10.8. The minimum Gasteiger partial charge on any atom is -0.379 e. The van der Waals surface area contributed by atoms with Gasteiger partial charge in [-0.05, 0) is 19.3 Å². The Morgan fingerprint density at radius 3 is 2.71 bits per heavy atom. The van der Waals surface area contributed by atoms with E-state index in [2.05, 4.69) is 20.6 Å². The maximum atomic E-state index is 5.35. The molecule has 1 atom stereocenters. The SMILES string of the molecule is CNc1cc(NC2CCOC2)nc(C2CC2)n1. The molecule has 1 aromatic heterocycles. The molecule has 5 heteroatoms. The standard InChI is InChI=1S/C12H18N4O/c1-13-10-6-11(14-9-4-5-17-7-9)16-12(15-10)8-2-3-8/h6,8-9H,2-5,7H2,1H3,(H2,13,14,15,16). The topological polar surface area (TPSA) is 59.1 Å². The number of rotatable bonds is 4. The molecule has 1 aliphatic carbocycles. The summed E-state index contributed by atoms with van der Waals surface area (Å²) in [5, 5.41) is 6.52. The minimum atomic E-state index is 0.390. The van der Waals surface area contributed by atoms with E-state index in [0.717, 1.165) is 37.1 Å². The Morgan fingerprint density at radius 2 is 2.06 bits per heavy atom. The lowest BCUT2D eigenvalue weighted by Gasteiger charge is -2.13. The van der Waals surface area contributed by atoms with Crippen LogP contribution in [0.1, 0.15) is 31.0 Å². The van der Waals surface area contributed by atoms with E-state index in [4.69, 9.17) is 4.74 Å². The van der Waals surface area contributed by atoms with Gasteiger partial charge in [-0.2, -0.15) is 0 Å². The van der Waals surface area contributed by atoms with Crippen molar-refractivity contribution < 1.29 is 4.74 Å². The zero-order valence-corrected chi connectivity index (χ0v) is 10.1. The summed E-state index contributed by atoms with van der Waals surface area (Å²) in [6.07, 6.45) is 3.50. The van der Waals surface area contributed by atoms with Gasteiger partial charge in [0.2, 0.25) is 0 Å². The van der Waals surface area contributed by atoms with Gasteiger partial charge in [0.05, 0.1) is 12.6 Å². The zero-order chi connectivity index (χ0) is 11.7. The van der Waals surface area contributed by atoms with Gasteiger partial charge in [0.1, 0.15) is 17.5 Å². The number of aromatic nitrogens is 2. The summed E-state index contributed by atoms with van der Waals surface area (Å²) in [6, 6.07) is 2.35. The molecule has 3 rings (SSSR count). The van der Waals surface area contributed by atoms with Gasteiger partial charge < -0.3 is 15.4 Å². The molecule has 0 radical (unpaired) electrons. The third-order valence-electron chi connectivity index (χ3n) is 3.22. The molecule has 5 nitrogen and oxygen atoms in total. The molecular formula is C12H18N4O. The Bertz CT molecular complexity index is 399. The first-order chi connectivity index (χ1) is 8.35. The van der Waals surface area contributed by atoms with Gasteiger partial charge in [-0.3, -0.25) is 0 Å². The van der Waals surface area contributed by atoms with Crippen LogP contribution in [-0.4, -0.2) is 36.3 Å². The number of anilines is 2. The number of hydrogen-bond donors (Lipinski definition) is 2. The van der Waals surface area contributed by atoms with E-state index < -0.39 is 0 Å². The molecule has 1 saturated heterocycles. The predicted octanol–water partition coefficient (Wildman–Crippen LogP) is 1.60. The smallest absolute Gasteiger partial charge is 0.136 e. The van der Waals surface area contributed by atoms with Crippen molar-refractivity contribution in [1.29, 1.82) is 0 Å². The molecule has 1 aliphatic heterocycles. The third-order valence-corrected chi connectivity index (χ3v) is 3.22. The lowest BCUT2D eigenvalue weighted by atomic mass is 10.2. The maximum absolute atomic E-state index is 5.35. The van der Waals surface area contributed by atoms with Crippen LogP contribution in [0, 0.1) is 0 Å². The highest BCUT2D eigenvalue weighted by molar-refractivity contribution is 5.48. The summed E-state index contributed by atoms with van der Waals surface area (Å²) in [5.41, 5.74) is 0. The van der Waals surface area contributed by atoms with E-state index in [1.54, 1.807) is 0 Å². The average molecular weight is 234 g/mol. The largest absolute Gasteiger partial charge is 0.379 e. The van der Waals surface area contributed by atoms with Crippen LogP contribution in [0.2, 0.25) is 0 Å². The van der Waals surface area contributed by atoms with Crippen molar-refractivity contribution in [2.45, 2.75) is 31.2 Å². The van der Waals surface area contributed by atoms with Gasteiger partial charge in [-0.15, -0.1) is 0 Å². The predicted molar refractivity (Wildman–Crippen MR) is 66.4 cm³/mol. The highest BCUT2D eigenvalue weighted by atomic mass is 16.5. The molecule has 2 aliphatic rings. The van der Waals surface area contributed by atoms with E-state index in [1.165, 1.54) is 12.8 Å². The summed E-state index contributed by atoms with van der Waals surface area (Å²) in [4.78, 5) is 9.08. The number of nitrogens with zero attached hydrogens (tertiary/aromatic N) is 2. The van der Waals surface area contributed by atoms with E-state index >= 15 is 0 Å². The second kappa shape index (κ2) is 4.49. The second-order valence-electron chi connectivity index (χ2n) is 4.73. The van der Waals surface area contributed by atoms with Crippen LogP contribution in [0.4, 0.5) is 11.6 Å². The quantitative estimate of drug-likeness (QED) is 0.828. The molecule has 1 unspecified atom stereocenters. The van der Waals surface area contributed by atoms with Gasteiger partial charge in [-0.25, -0.2) is 9.97 Å². The van der Waals surface area contributed by atoms with Crippen LogP contribution >= 0.6 is 0 Å². The van der Waals surface area contributed by atoms with E-state index in [0.29, 0.717) is 12.0 Å². The normalized spacial score (nSPS) is 23.7. The molecule has 1 aromatic rings. The summed E-state index contributed by atoms with van der Waals surface area (Å²) >= 11 is 0. The van der Waals surface area contributed by atoms with Gasteiger partial charge in [0, 0.05) is 25.6 Å². The van der Waals surface area contributed by atoms with Gasteiger partial charge >= 0.3 is 0 Å². The van der Waals surface area contributed by atoms with Crippen LogP contribution in [-0.2, 0) is 4.74 Å². The highest BCUT2D eigenvalue weighted by Crippen LogP contribution is 2.38. The Labute approximate surface area is 101 Å². The van der Waals surface area contributed by atoms with Crippen LogP contribution in [0.15, 0.2) is 6.07 Å². The maximum Gasteiger partial charge on any atom is 0.136 e. The van der Waals surface area contributed by atoms with Crippen LogP contribution < -0.4 is 10.6 Å². The molecule has 92 valence electrons. The Morgan fingerprint density at radius 1 is 1.24 bits per heavy atom. The second-order valence-corrected chi connectivity index (χ2v) is 4.73. The molecule has 0 spiro atoms. The average Bonchev–Trinajstić information content (AvgIpc) is 3.09. The molecule has 17 heavy (non-hydrogen) atoms. The lowest BCUT2D eigenvalue weighted by molar-refractivity contribution is 0.195. The van der Waals surface area contributed by atoms with Crippen molar-refractivity contribution in [2.24, 2.45) is 0 Å². The zero-order valence-electron chi connectivity index (χ0n) is 10.1. The first-order valence-electron chi connectivity index (χ1n) is 6.26. The molecule has 0 aromatic carbocycles. The van der Waals surface area contributed by atoms with Crippen LogP contribution in [0.25, 0.3) is 0 Å². The summed E-state index contributed by atoms with van der Waals surface area (Å²) in [7, 11) is 1.89. The molecule has 2 heterocycles. The molecule has 1 saturated carbocycles. The fourth-order valence-corrected chi connectivity index (χ4v) is 2.05. The minimum absolute atomic E-state index is 0.390. The number of nitrogens with one attached hydrogen (secondary N) is 2. The van der Waals surface area contributed by atoms with Crippen molar-refractivity contribution in [3.8, 4) is 0 Å². The van der Waals surface area contributed by atoms with Crippen molar-refractivity contribution >= 4 is 11.6 Å². The molecule has 0 amide bonds. The van der Waals surface area contributed by atoms with Crippen LogP contribution in [0.5, 0.6) is 0 Å². The summed E-state index contributed by atoms with van der Waals surface area (Å²) in [6.45, 7) is 1.62. The summed E-state index contributed by atoms with van der Waals surface area (Å²) < 4.78 is 5.35. The summed E-state index contributed by atoms with van der Waals surface area (Å²) in [5.74, 6) is 3.35. The van der Waals surface area contributed by atoms with Gasteiger partial charge in [0.25, 0.3) is 0 Å². The Kier molecular flexibility index (Phi) is 2.84. The van der Waals surface area contributed by atoms with Gasteiger partial charge in [-0.1, -0.05) is 0 Å². The molecule has 2 fully saturated rings. The lowest BCUT2D eigenvalue weighted by Crippen LogP contribution is -2.20. The van der Waals surface area contributed by atoms with Crippen LogP contribution in [0.3, 0.4) is 0 Å². The van der Waals surface area contributed by atoms with E-state index in [9.17, 15) is 0 Å². The van der Waals surface area contributed by atoms with Crippen molar-refractivity contribution in [3.63, 3.8) is 0 Å². The Hall–Kier alpha value is -1.36. The van der Waals surface area contributed by atoms with Gasteiger partial charge in [0.15, 0.2) is 0 Å². The fraction of sp³-hybridized carbons (Fsp3) is 0.667. The van der Waals surface area contributed by atoms with E-state index in [-0.39, 0.29) is 0 Å².